The molecular formula is C32H19FN2O2. The van der Waals surface area contributed by atoms with Gasteiger partial charge in [0.25, 0.3) is 0 Å². The summed E-state index contributed by atoms with van der Waals surface area (Å²) in [7, 11) is 0. The molecular weight excluding hydrogens is 463 g/mol. The molecule has 37 heavy (non-hydrogen) atoms. The molecule has 0 saturated heterocycles. The maximum absolute atomic E-state index is 13.9. The van der Waals surface area contributed by atoms with Crippen molar-refractivity contribution in [3.8, 4) is 40.8 Å². The number of para-hydroxylation sites is 1. The Morgan fingerprint density at radius 1 is 0.973 bits per heavy atom. The quantitative estimate of drug-likeness (QED) is 0.238. The Kier molecular flexibility index (Phi) is 5.14. The summed E-state index contributed by atoms with van der Waals surface area (Å²) >= 11 is 0. The van der Waals surface area contributed by atoms with Gasteiger partial charge in [0.15, 0.2) is 0 Å². The number of aryl methyl sites for hydroxylation is 2. The Morgan fingerprint density at radius 2 is 1.84 bits per heavy atom. The summed E-state index contributed by atoms with van der Waals surface area (Å²) < 4.78 is 26.4. The average molecular weight is 483 g/mol. The van der Waals surface area contributed by atoms with Gasteiger partial charge < -0.3 is 8.83 Å². The molecule has 0 radical (unpaired) electrons. The van der Waals surface area contributed by atoms with Gasteiger partial charge in [-0.3, -0.25) is 4.98 Å². The van der Waals surface area contributed by atoms with Gasteiger partial charge in [0.2, 0.25) is 0 Å². The number of furan rings is 2. The zero-order chi connectivity index (χ0) is 25.7. The Bertz CT molecular complexity index is 1990. The van der Waals surface area contributed by atoms with E-state index in [0.29, 0.717) is 28.0 Å². The van der Waals surface area contributed by atoms with Crippen LogP contribution in [0.4, 0.5) is 4.39 Å². The summed E-state index contributed by atoms with van der Waals surface area (Å²) in [6.45, 7) is 3.60. The van der Waals surface area contributed by atoms with Crippen LogP contribution in [0.25, 0.3) is 61.4 Å². The number of allylic oxidation sites excluding steroid dienone is 1. The molecule has 6 aromatic rings. The van der Waals surface area contributed by atoms with Gasteiger partial charge in [0.05, 0.1) is 23.5 Å². The summed E-state index contributed by atoms with van der Waals surface area (Å²) in [6, 6.07) is 19.4. The average Bonchev–Trinajstić information content (AvgIpc) is 3.45. The lowest BCUT2D eigenvalue weighted by Gasteiger charge is -2.04. The molecule has 0 atom stereocenters. The second-order valence-electron chi connectivity index (χ2n) is 8.86. The minimum Gasteiger partial charge on any atom is -0.461 e. The van der Waals surface area contributed by atoms with E-state index in [1.165, 1.54) is 6.20 Å². The predicted molar refractivity (Wildman–Crippen MR) is 144 cm³/mol. The predicted octanol–water partition coefficient (Wildman–Crippen LogP) is 8.34. The molecule has 0 N–H and O–H groups in total. The SMILES string of the molecule is C#C/C=C\c1c(C)oc2cc(-c3ccc(C#N)c4c3oc3c(-c5cc(C)c(F)cn5)cccc34)ccc12. The van der Waals surface area contributed by atoms with Crippen molar-refractivity contribution in [2.24, 2.45) is 0 Å². The van der Waals surface area contributed by atoms with E-state index in [9.17, 15) is 9.65 Å². The van der Waals surface area contributed by atoms with Crippen LogP contribution in [0, 0.1) is 43.3 Å². The highest BCUT2D eigenvalue weighted by molar-refractivity contribution is 6.15. The summed E-state index contributed by atoms with van der Waals surface area (Å²) in [5, 5.41) is 12.4. The van der Waals surface area contributed by atoms with Crippen molar-refractivity contribution in [2.45, 2.75) is 13.8 Å². The van der Waals surface area contributed by atoms with E-state index in [4.69, 9.17) is 15.3 Å². The second-order valence-corrected chi connectivity index (χ2v) is 8.86. The molecule has 3 aromatic carbocycles. The van der Waals surface area contributed by atoms with Gasteiger partial charge in [-0.15, -0.1) is 6.42 Å². The van der Waals surface area contributed by atoms with Crippen LogP contribution in [0.2, 0.25) is 0 Å². The highest BCUT2D eigenvalue weighted by Crippen LogP contribution is 2.42. The number of pyridine rings is 1. The van der Waals surface area contributed by atoms with E-state index >= 15 is 0 Å². The normalized spacial score (nSPS) is 11.5. The summed E-state index contributed by atoms with van der Waals surface area (Å²) in [4.78, 5) is 4.29. The smallest absolute Gasteiger partial charge is 0.144 e. The van der Waals surface area contributed by atoms with Crippen molar-refractivity contribution in [1.29, 1.82) is 5.26 Å². The molecule has 176 valence electrons. The molecule has 4 nitrogen and oxygen atoms in total. The first-order chi connectivity index (χ1) is 18.0. The van der Waals surface area contributed by atoms with Crippen LogP contribution >= 0.6 is 0 Å². The molecule has 3 heterocycles. The van der Waals surface area contributed by atoms with Crippen molar-refractivity contribution in [1.82, 2.24) is 4.98 Å². The topological polar surface area (TPSA) is 63.0 Å². The zero-order valence-electron chi connectivity index (χ0n) is 20.1. The molecule has 5 heteroatoms. The van der Waals surface area contributed by atoms with Crippen LogP contribution in [0.1, 0.15) is 22.5 Å². The number of hydrogen-bond acceptors (Lipinski definition) is 4. The second kappa shape index (κ2) is 8.52. The van der Waals surface area contributed by atoms with Crippen molar-refractivity contribution in [3.05, 3.63) is 95.1 Å². The number of terminal acetylenes is 1. The summed E-state index contributed by atoms with van der Waals surface area (Å²) in [5.41, 5.74) is 6.91. The van der Waals surface area contributed by atoms with Crippen LogP contribution in [0.5, 0.6) is 0 Å². The van der Waals surface area contributed by atoms with Crippen LogP contribution in [0.3, 0.4) is 0 Å². The summed E-state index contributed by atoms with van der Waals surface area (Å²) in [6.07, 6.45) is 10.1. The van der Waals surface area contributed by atoms with Crippen molar-refractivity contribution >= 4 is 39.0 Å². The van der Waals surface area contributed by atoms with Gasteiger partial charge >= 0.3 is 0 Å². The third-order valence-electron chi connectivity index (χ3n) is 6.66. The number of halogens is 1. The van der Waals surface area contributed by atoms with Gasteiger partial charge in [-0.2, -0.15) is 5.26 Å². The van der Waals surface area contributed by atoms with E-state index in [1.54, 1.807) is 25.1 Å². The van der Waals surface area contributed by atoms with Gasteiger partial charge in [0, 0.05) is 32.8 Å². The molecule has 0 aliphatic heterocycles. The lowest BCUT2D eigenvalue weighted by molar-refractivity contribution is 0.577. The third kappa shape index (κ3) is 3.49. The minimum absolute atomic E-state index is 0.365. The summed E-state index contributed by atoms with van der Waals surface area (Å²) in [5.74, 6) is 2.93. The Balaban J connectivity index is 1.61. The number of nitriles is 1. The highest BCUT2D eigenvalue weighted by atomic mass is 19.1. The van der Waals surface area contributed by atoms with Crippen LogP contribution in [-0.4, -0.2) is 4.98 Å². The lowest BCUT2D eigenvalue weighted by atomic mass is 9.97. The van der Waals surface area contributed by atoms with Crippen molar-refractivity contribution in [3.63, 3.8) is 0 Å². The fourth-order valence-electron chi connectivity index (χ4n) is 4.86. The molecule has 0 amide bonds. The molecule has 0 aliphatic rings. The van der Waals surface area contributed by atoms with E-state index < -0.39 is 0 Å². The number of fused-ring (bicyclic) bond motifs is 4. The van der Waals surface area contributed by atoms with Gasteiger partial charge in [-0.25, -0.2) is 4.39 Å². The largest absolute Gasteiger partial charge is 0.461 e. The first-order valence-electron chi connectivity index (χ1n) is 11.7. The first kappa shape index (κ1) is 22.3. The highest BCUT2D eigenvalue weighted by Gasteiger charge is 2.20. The molecule has 0 fully saturated rings. The molecule has 3 aromatic heterocycles. The van der Waals surface area contributed by atoms with E-state index in [1.807, 2.05) is 55.5 Å². The van der Waals surface area contributed by atoms with Crippen LogP contribution in [0.15, 0.2) is 75.7 Å². The zero-order valence-corrected chi connectivity index (χ0v) is 20.1. The Morgan fingerprint density at radius 3 is 2.62 bits per heavy atom. The maximum atomic E-state index is 13.9. The van der Waals surface area contributed by atoms with Crippen molar-refractivity contribution < 1.29 is 13.2 Å². The van der Waals surface area contributed by atoms with Gasteiger partial charge in [0.1, 0.15) is 28.3 Å². The minimum atomic E-state index is -0.365. The third-order valence-corrected chi connectivity index (χ3v) is 6.66. The number of nitrogens with zero attached hydrogens (tertiary/aromatic N) is 2. The Labute approximate surface area is 212 Å². The first-order valence-corrected chi connectivity index (χ1v) is 11.7. The van der Waals surface area contributed by atoms with Crippen LogP contribution in [-0.2, 0) is 0 Å². The monoisotopic (exact) mass is 482 g/mol. The molecule has 0 aliphatic carbocycles. The number of benzene rings is 3. The molecule has 0 unspecified atom stereocenters. The molecule has 0 spiro atoms. The standard InChI is InChI=1S/C32H19FN2O2/c1-4-5-7-22-19(3)36-29-15-20(10-13-24(22)29)23-12-11-21(16-34)30-26-9-6-8-25(31(26)37-32(23)30)28-14-18(2)27(33)17-35-28/h1,5-15,17H,2-3H3/b7-5-. The molecule has 6 rings (SSSR count). The maximum Gasteiger partial charge on any atom is 0.144 e. The lowest BCUT2D eigenvalue weighted by Crippen LogP contribution is -1.89. The van der Waals surface area contributed by atoms with E-state index in [2.05, 4.69) is 17.0 Å². The van der Waals surface area contributed by atoms with Crippen LogP contribution < -0.4 is 0 Å². The number of aromatic nitrogens is 1. The molecule has 0 bridgehead atoms. The fraction of sp³-hybridized carbons (Fsp3) is 0.0625. The Hall–Kier alpha value is -5.13. The number of hydrogen-bond donors (Lipinski definition) is 0. The van der Waals surface area contributed by atoms with Crippen molar-refractivity contribution in [2.75, 3.05) is 0 Å². The van der Waals surface area contributed by atoms with E-state index in [0.717, 1.165) is 49.8 Å². The van der Waals surface area contributed by atoms with Gasteiger partial charge in [-0.05, 0) is 73.5 Å². The number of rotatable bonds is 3. The van der Waals surface area contributed by atoms with E-state index in [-0.39, 0.29) is 5.82 Å². The van der Waals surface area contributed by atoms with Gasteiger partial charge in [-0.1, -0.05) is 24.1 Å². The fourth-order valence-corrected chi connectivity index (χ4v) is 4.86. The molecule has 0 saturated carbocycles.